The van der Waals surface area contributed by atoms with E-state index in [9.17, 15) is 13.9 Å². The molecule has 36 heavy (non-hydrogen) atoms. The molecule has 3 heterocycles. The summed E-state index contributed by atoms with van der Waals surface area (Å²) in [6.45, 7) is 8.03. The highest BCUT2D eigenvalue weighted by Crippen LogP contribution is 2.31. The van der Waals surface area contributed by atoms with Gasteiger partial charge in [-0.1, -0.05) is 26.2 Å². The van der Waals surface area contributed by atoms with Crippen LogP contribution >= 0.6 is 0 Å². The predicted octanol–water partition coefficient (Wildman–Crippen LogP) is 6.19. The van der Waals surface area contributed by atoms with Crippen LogP contribution in [0.4, 0.5) is 26.2 Å². The Labute approximate surface area is 211 Å². The third kappa shape index (κ3) is 8.47. The number of aliphatic hydroxyl groups is 1. The molecule has 0 amide bonds. The van der Waals surface area contributed by atoms with E-state index in [1.54, 1.807) is 11.6 Å². The van der Waals surface area contributed by atoms with Gasteiger partial charge in [-0.2, -0.15) is 15.2 Å². The molecular formula is C25H38F2N8O. The molecule has 4 rings (SSSR count). The van der Waals surface area contributed by atoms with Gasteiger partial charge in [-0.05, 0) is 51.8 Å². The van der Waals surface area contributed by atoms with E-state index in [4.69, 9.17) is 5.73 Å². The van der Waals surface area contributed by atoms with Crippen molar-refractivity contribution in [1.82, 2.24) is 19.6 Å². The van der Waals surface area contributed by atoms with E-state index in [0.29, 0.717) is 5.82 Å². The van der Waals surface area contributed by atoms with Crippen LogP contribution in [0.1, 0.15) is 65.0 Å². The molecule has 0 atom stereocenters. The maximum Gasteiger partial charge on any atom is 0.240 e. The molecule has 1 aliphatic rings. The van der Waals surface area contributed by atoms with Crippen molar-refractivity contribution in [2.75, 3.05) is 24.6 Å². The summed E-state index contributed by atoms with van der Waals surface area (Å²) in [7, 11) is 1.64. The van der Waals surface area contributed by atoms with Crippen molar-refractivity contribution < 1.29 is 13.9 Å². The summed E-state index contributed by atoms with van der Waals surface area (Å²) in [4.78, 5) is 8.92. The minimum Gasteiger partial charge on any atom is -0.390 e. The van der Waals surface area contributed by atoms with Crippen LogP contribution in [0.25, 0.3) is 16.8 Å². The van der Waals surface area contributed by atoms with Crippen molar-refractivity contribution in [2.24, 2.45) is 10.2 Å². The molecule has 1 saturated carbocycles. The van der Waals surface area contributed by atoms with Gasteiger partial charge in [0.15, 0.2) is 5.82 Å². The number of hydrogen-bond acceptors (Lipinski definition) is 8. The van der Waals surface area contributed by atoms with Crippen LogP contribution in [0.2, 0.25) is 0 Å². The summed E-state index contributed by atoms with van der Waals surface area (Å²) < 4.78 is 23.2. The van der Waals surface area contributed by atoms with Gasteiger partial charge >= 0.3 is 0 Å². The summed E-state index contributed by atoms with van der Waals surface area (Å²) in [5, 5.41) is 24.7. The maximum absolute atomic E-state index is 10.8. The molecule has 3 aromatic rings. The molecule has 0 bridgehead atoms. The lowest BCUT2D eigenvalue weighted by Gasteiger charge is -2.27. The van der Waals surface area contributed by atoms with Crippen LogP contribution in [0, 0.1) is 6.92 Å². The number of azo groups is 1. The number of nitrogens with one attached hydrogen (secondary N) is 1. The first-order valence-corrected chi connectivity index (χ1v) is 12.3. The number of pyridine rings is 1. The number of alkyl halides is 2. The molecule has 0 saturated heterocycles. The second-order valence-corrected chi connectivity index (χ2v) is 8.83. The Morgan fingerprint density at radius 2 is 1.83 bits per heavy atom. The quantitative estimate of drug-likeness (QED) is 0.356. The Balaban J connectivity index is 0.000000288. The van der Waals surface area contributed by atoms with E-state index >= 15 is 0 Å². The second-order valence-electron chi connectivity index (χ2n) is 8.83. The molecule has 0 aliphatic heterocycles. The molecule has 198 valence electrons. The number of nitrogens with zero attached hydrogens (tertiary/aromatic N) is 6. The van der Waals surface area contributed by atoms with Gasteiger partial charge < -0.3 is 16.2 Å². The van der Waals surface area contributed by atoms with Crippen molar-refractivity contribution in [2.45, 2.75) is 78.2 Å². The molecule has 4 N–H and O–H groups in total. The minimum atomic E-state index is -2.12. The third-order valence-corrected chi connectivity index (χ3v) is 5.65. The first kappa shape index (κ1) is 29.0. The fourth-order valence-corrected chi connectivity index (χ4v) is 3.77. The lowest BCUT2D eigenvalue weighted by atomic mass is 9.87. The Bertz CT molecular complexity index is 1120. The molecule has 0 unspecified atom stereocenters. The average molecular weight is 505 g/mol. The topological polar surface area (TPSA) is 126 Å². The van der Waals surface area contributed by atoms with Crippen molar-refractivity contribution in [1.29, 1.82) is 0 Å². The molecule has 3 aromatic heterocycles. The molecule has 0 radical (unpaired) electrons. The smallest absolute Gasteiger partial charge is 0.240 e. The van der Waals surface area contributed by atoms with Gasteiger partial charge in [-0.25, -0.2) is 13.3 Å². The second kappa shape index (κ2) is 13.8. The normalized spacial score (nSPS) is 14.8. The first-order valence-electron chi connectivity index (χ1n) is 12.3. The van der Waals surface area contributed by atoms with Crippen molar-refractivity contribution in [3.05, 3.63) is 30.1 Å². The zero-order chi connectivity index (χ0) is 26.7. The molecule has 0 aromatic carbocycles. The summed E-state index contributed by atoms with van der Waals surface area (Å²) in [5.41, 5.74) is 9.61. The maximum atomic E-state index is 10.8. The van der Waals surface area contributed by atoms with E-state index in [1.165, 1.54) is 26.2 Å². The van der Waals surface area contributed by atoms with E-state index in [0.717, 1.165) is 47.5 Å². The number of aromatic nitrogens is 4. The summed E-state index contributed by atoms with van der Waals surface area (Å²) in [6.07, 6.45) is 5.46. The van der Waals surface area contributed by atoms with E-state index in [1.807, 2.05) is 45.2 Å². The van der Waals surface area contributed by atoms with Gasteiger partial charge in [0.1, 0.15) is 11.2 Å². The number of hydrogen-bond donors (Lipinski definition) is 3. The molecule has 0 spiro atoms. The Kier molecular flexibility index (Phi) is 11.1. The van der Waals surface area contributed by atoms with Crippen molar-refractivity contribution >= 4 is 23.0 Å². The van der Waals surface area contributed by atoms with Crippen LogP contribution in [0.15, 0.2) is 34.6 Å². The SMILES string of the molecule is CC1(O)CCCCC1.CCC(F)F.CCNc1nc(N)nn2ccc(-c3ccc(N=NC)c(C)n3)c12. The van der Waals surface area contributed by atoms with Gasteiger partial charge in [-0.15, -0.1) is 5.10 Å². The number of fused-ring (bicyclic) bond motifs is 1. The number of anilines is 2. The van der Waals surface area contributed by atoms with Crippen LogP contribution in [0.5, 0.6) is 0 Å². The van der Waals surface area contributed by atoms with E-state index in [-0.39, 0.29) is 18.0 Å². The molecule has 1 fully saturated rings. The van der Waals surface area contributed by atoms with Gasteiger partial charge in [0, 0.05) is 31.8 Å². The van der Waals surface area contributed by atoms with Gasteiger partial charge in [-0.3, -0.25) is 4.98 Å². The lowest BCUT2D eigenvalue weighted by Crippen LogP contribution is -2.26. The van der Waals surface area contributed by atoms with E-state index in [2.05, 4.69) is 30.6 Å². The number of rotatable bonds is 5. The van der Waals surface area contributed by atoms with Crippen LogP contribution in [-0.4, -0.2) is 50.3 Å². The van der Waals surface area contributed by atoms with Crippen molar-refractivity contribution in [3.63, 3.8) is 0 Å². The highest BCUT2D eigenvalue weighted by molar-refractivity contribution is 5.87. The average Bonchev–Trinajstić information content (AvgIpc) is 3.25. The molecular weight excluding hydrogens is 466 g/mol. The highest BCUT2D eigenvalue weighted by atomic mass is 19.3. The summed E-state index contributed by atoms with van der Waals surface area (Å²) >= 11 is 0. The molecule has 1 aliphatic carbocycles. The fraction of sp³-hybridized carbons (Fsp3) is 0.560. The monoisotopic (exact) mass is 504 g/mol. The van der Waals surface area contributed by atoms with Gasteiger partial charge in [0.25, 0.3) is 0 Å². The first-order chi connectivity index (χ1) is 17.1. The molecule has 11 heteroatoms. The highest BCUT2D eigenvalue weighted by Gasteiger charge is 2.22. The number of nitrogen functional groups attached to an aromatic ring is 1. The number of aryl methyl sites for hydroxylation is 1. The lowest BCUT2D eigenvalue weighted by molar-refractivity contribution is 0.0225. The standard InChI is InChI=1S/C15H18N8.C7H14O.C3H6F2/c1-4-18-14-13-10(7-8-23(13)22-15(16)20-14)12-6-5-11(21-17-3)9(2)19-12;1-7(8)5-3-2-4-6-7;1-2-3(4)5/h5-8H,4H2,1-3H3,(H3,16,18,20,22);8H,2-6H2,1H3;3H,2H2,1H3. The minimum absolute atomic E-state index is 0.0278. The van der Waals surface area contributed by atoms with Crippen LogP contribution in [0.3, 0.4) is 0 Å². The Morgan fingerprint density at radius 1 is 1.17 bits per heavy atom. The predicted molar refractivity (Wildman–Crippen MR) is 140 cm³/mol. The van der Waals surface area contributed by atoms with Gasteiger partial charge in [0.05, 0.1) is 17.0 Å². The van der Waals surface area contributed by atoms with Crippen LogP contribution in [-0.2, 0) is 0 Å². The van der Waals surface area contributed by atoms with E-state index < -0.39 is 6.43 Å². The van der Waals surface area contributed by atoms with Crippen LogP contribution < -0.4 is 11.1 Å². The zero-order valence-electron chi connectivity index (χ0n) is 21.8. The summed E-state index contributed by atoms with van der Waals surface area (Å²) in [6, 6.07) is 5.77. The zero-order valence-corrected chi connectivity index (χ0v) is 21.8. The van der Waals surface area contributed by atoms with Gasteiger partial charge in [0.2, 0.25) is 12.4 Å². The third-order valence-electron chi connectivity index (χ3n) is 5.65. The number of halogens is 2. The molecule has 9 nitrogen and oxygen atoms in total. The largest absolute Gasteiger partial charge is 0.390 e. The Morgan fingerprint density at radius 3 is 2.33 bits per heavy atom. The number of nitrogens with two attached hydrogens (primary N) is 1. The van der Waals surface area contributed by atoms with Crippen molar-refractivity contribution in [3.8, 4) is 11.3 Å². The Hall–Kier alpha value is -3.21. The fourth-order valence-electron chi connectivity index (χ4n) is 3.77. The summed E-state index contributed by atoms with van der Waals surface area (Å²) in [5.74, 6) is 0.912.